The van der Waals surface area contributed by atoms with Gasteiger partial charge in [0.05, 0.1) is 0 Å². The zero-order chi connectivity index (χ0) is 16.8. The predicted molar refractivity (Wildman–Crippen MR) is 88.1 cm³/mol. The minimum absolute atomic E-state index is 0.512. The molecule has 6 nitrogen and oxygen atoms in total. The van der Waals surface area contributed by atoms with E-state index in [9.17, 15) is 0 Å². The second-order valence-electron chi connectivity index (χ2n) is 4.75. The van der Waals surface area contributed by atoms with Crippen molar-refractivity contribution < 1.29 is 26.6 Å². The number of hydrogen-bond acceptors (Lipinski definition) is 6. The molecule has 1 rings (SSSR count). The van der Waals surface area contributed by atoms with Gasteiger partial charge in [-0.15, -0.1) is 0 Å². The average Bonchev–Trinajstić information content (AvgIpc) is 2.56. The third-order valence-corrected chi connectivity index (χ3v) is 9.43. The molecule has 0 fully saturated rings. The van der Waals surface area contributed by atoms with Crippen molar-refractivity contribution in [3.8, 4) is 0 Å². The maximum atomic E-state index is 5.65. The van der Waals surface area contributed by atoms with Gasteiger partial charge in [0.2, 0.25) is 0 Å². The Morgan fingerprint density at radius 3 is 1.68 bits per heavy atom. The number of rotatable bonds is 9. The molecule has 22 heavy (non-hydrogen) atoms. The number of hydrogen-bond donors (Lipinski definition) is 0. The van der Waals surface area contributed by atoms with Crippen LogP contribution in [0.15, 0.2) is 18.2 Å². The lowest BCUT2D eigenvalue weighted by Crippen LogP contribution is -2.58. The van der Waals surface area contributed by atoms with Gasteiger partial charge in [-0.2, -0.15) is 0 Å². The number of benzene rings is 1. The van der Waals surface area contributed by atoms with Crippen molar-refractivity contribution in [1.29, 1.82) is 0 Å². The molecular weight excluding hydrogens is 320 g/mol. The van der Waals surface area contributed by atoms with Crippen LogP contribution < -0.4 is 5.19 Å². The van der Waals surface area contributed by atoms with Gasteiger partial charge < -0.3 is 26.6 Å². The van der Waals surface area contributed by atoms with Crippen LogP contribution in [-0.4, -0.2) is 60.3 Å². The lowest BCUT2D eigenvalue weighted by atomic mass is 10.1. The van der Waals surface area contributed by atoms with Crippen LogP contribution in [0.4, 0.5) is 0 Å². The van der Waals surface area contributed by atoms with E-state index in [1.807, 2.05) is 25.1 Å². The molecule has 0 heterocycles. The van der Waals surface area contributed by atoms with Crippen molar-refractivity contribution >= 4 is 22.8 Å². The van der Waals surface area contributed by atoms with E-state index in [2.05, 4.69) is 0 Å². The highest BCUT2D eigenvalue weighted by Gasteiger charge is 2.47. The summed E-state index contributed by atoms with van der Waals surface area (Å²) >= 11 is 0. The molecule has 0 N–H and O–H groups in total. The minimum Gasteiger partial charge on any atom is -0.377 e. The fraction of sp³-hybridized carbons (Fsp3) is 0.571. The predicted octanol–water partition coefficient (Wildman–Crippen LogP) is 1.04. The topological polar surface area (TPSA) is 55.4 Å². The Morgan fingerprint density at radius 1 is 0.773 bits per heavy atom. The van der Waals surface area contributed by atoms with Gasteiger partial charge >= 0.3 is 17.6 Å². The highest BCUT2D eigenvalue weighted by molar-refractivity contribution is 6.76. The summed E-state index contributed by atoms with van der Waals surface area (Å²) in [4.78, 5) is 0. The highest BCUT2D eigenvalue weighted by Crippen LogP contribution is 2.19. The molecule has 0 unspecified atom stereocenters. The van der Waals surface area contributed by atoms with E-state index < -0.39 is 17.6 Å². The third-order valence-electron chi connectivity index (χ3n) is 3.81. The van der Waals surface area contributed by atoms with Crippen LogP contribution in [0.1, 0.15) is 11.1 Å². The summed E-state index contributed by atoms with van der Waals surface area (Å²) in [6.07, 6.45) is 0. The van der Waals surface area contributed by atoms with Gasteiger partial charge in [0.1, 0.15) is 0 Å². The first-order chi connectivity index (χ1) is 10.5. The van der Waals surface area contributed by atoms with Crippen molar-refractivity contribution in [1.82, 2.24) is 0 Å². The standard InChI is InChI=1S/C14H26O6Si2/c1-12-9-8-10-13(11-21(15-2,16-3)17-4)14(12)22(18-5,19-6)20-7/h8-10H,11H2,1-7H3. The monoisotopic (exact) mass is 346 g/mol. The molecule has 0 aliphatic heterocycles. The van der Waals surface area contributed by atoms with E-state index in [1.54, 1.807) is 42.7 Å². The Kier molecular flexibility index (Phi) is 7.36. The van der Waals surface area contributed by atoms with Crippen LogP contribution in [0, 0.1) is 6.92 Å². The summed E-state index contributed by atoms with van der Waals surface area (Å²) in [5.74, 6) is 0. The maximum absolute atomic E-state index is 5.65. The summed E-state index contributed by atoms with van der Waals surface area (Å²) < 4.78 is 33.5. The summed E-state index contributed by atoms with van der Waals surface area (Å²) in [5.41, 5.74) is 2.04. The minimum atomic E-state index is -2.97. The lowest BCUT2D eigenvalue weighted by molar-refractivity contribution is 0.122. The van der Waals surface area contributed by atoms with Crippen molar-refractivity contribution in [3.63, 3.8) is 0 Å². The van der Waals surface area contributed by atoms with Gasteiger partial charge in [-0.05, 0) is 18.1 Å². The van der Waals surface area contributed by atoms with Gasteiger partial charge in [-0.25, -0.2) is 0 Å². The Hall–Kier alpha value is -0.586. The molecule has 0 spiro atoms. The molecule has 0 amide bonds. The second kappa shape index (κ2) is 8.32. The summed E-state index contributed by atoms with van der Waals surface area (Å²) in [6, 6.07) is 6.50. The lowest BCUT2D eigenvalue weighted by Gasteiger charge is -2.30. The van der Waals surface area contributed by atoms with E-state index in [0.717, 1.165) is 16.3 Å². The fourth-order valence-corrected chi connectivity index (χ4v) is 6.68. The molecule has 8 heteroatoms. The molecule has 0 aliphatic carbocycles. The molecule has 1 aromatic carbocycles. The highest BCUT2D eigenvalue weighted by atomic mass is 28.4. The van der Waals surface area contributed by atoms with Crippen molar-refractivity contribution in [3.05, 3.63) is 29.3 Å². The van der Waals surface area contributed by atoms with E-state index in [0.29, 0.717) is 6.04 Å². The first-order valence-electron chi connectivity index (χ1n) is 6.88. The second-order valence-corrected chi connectivity index (χ2v) is 10.5. The Morgan fingerprint density at radius 2 is 1.27 bits per heavy atom. The summed E-state index contributed by atoms with van der Waals surface area (Å²) in [5, 5.41) is 0.936. The van der Waals surface area contributed by atoms with E-state index >= 15 is 0 Å². The smallest absolute Gasteiger partial charge is 0.377 e. The first kappa shape index (κ1) is 19.5. The van der Waals surface area contributed by atoms with Crippen LogP contribution in [0.2, 0.25) is 0 Å². The molecular formula is C14H26O6Si2. The molecule has 0 atom stereocenters. The van der Waals surface area contributed by atoms with Gasteiger partial charge in [0, 0.05) is 53.9 Å². The Bertz CT molecular complexity index is 458. The molecule has 0 saturated heterocycles. The Labute approximate surface area is 135 Å². The summed E-state index contributed by atoms with van der Waals surface area (Å²) in [6.45, 7) is 2.01. The normalized spacial score (nSPS) is 12.7. The summed E-state index contributed by atoms with van der Waals surface area (Å²) in [7, 11) is 3.86. The van der Waals surface area contributed by atoms with Crippen molar-refractivity contribution in [2.24, 2.45) is 0 Å². The average molecular weight is 347 g/mol. The SMILES string of the molecule is CO[Si](Cc1cccc(C)c1[Si](OC)(OC)OC)(OC)OC. The van der Waals surface area contributed by atoms with Crippen LogP contribution in [-0.2, 0) is 32.6 Å². The molecule has 0 aliphatic rings. The fourth-order valence-electron chi connectivity index (χ4n) is 2.57. The van der Waals surface area contributed by atoms with Crippen molar-refractivity contribution in [2.75, 3.05) is 42.7 Å². The zero-order valence-corrected chi connectivity index (χ0v) is 16.4. The van der Waals surface area contributed by atoms with Crippen LogP contribution >= 0.6 is 0 Å². The van der Waals surface area contributed by atoms with Crippen LogP contribution in [0.25, 0.3) is 0 Å². The van der Waals surface area contributed by atoms with E-state index in [-0.39, 0.29) is 0 Å². The van der Waals surface area contributed by atoms with Crippen molar-refractivity contribution in [2.45, 2.75) is 13.0 Å². The number of aryl methyl sites for hydroxylation is 1. The maximum Gasteiger partial charge on any atom is 0.536 e. The van der Waals surface area contributed by atoms with Gasteiger partial charge in [0.15, 0.2) is 0 Å². The molecule has 0 saturated carbocycles. The van der Waals surface area contributed by atoms with Crippen LogP contribution in [0.3, 0.4) is 0 Å². The zero-order valence-electron chi connectivity index (χ0n) is 14.4. The quantitative estimate of drug-likeness (QED) is 0.623. The van der Waals surface area contributed by atoms with Crippen LogP contribution in [0.5, 0.6) is 0 Å². The molecule has 0 aromatic heterocycles. The van der Waals surface area contributed by atoms with Gasteiger partial charge in [0.25, 0.3) is 0 Å². The third kappa shape index (κ3) is 3.66. The molecule has 126 valence electrons. The van der Waals surface area contributed by atoms with Gasteiger partial charge in [-0.1, -0.05) is 18.2 Å². The molecule has 0 bridgehead atoms. The molecule has 1 aromatic rings. The first-order valence-corrected chi connectivity index (χ1v) is 10.5. The van der Waals surface area contributed by atoms with E-state index in [4.69, 9.17) is 26.6 Å². The van der Waals surface area contributed by atoms with E-state index in [1.165, 1.54) is 0 Å². The van der Waals surface area contributed by atoms with Gasteiger partial charge in [-0.3, -0.25) is 0 Å². The Balaban J connectivity index is 3.42. The largest absolute Gasteiger partial charge is 0.536 e. The molecule has 0 radical (unpaired) electrons.